The van der Waals surface area contributed by atoms with Crippen molar-refractivity contribution < 1.29 is 1.37 Å². The molecule has 0 heterocycles. The molecule has 12 rings (SSSR count). The highest BCUT2D eigenvalue weighted by Gasteiger charge is 2.52. The highest BCUT2D eigenvalue weighted by atomic mass is 15.1. The van der Waals surface area contributed by atoms with Gasteiger partial charge in [0, 0.05) is 23.8 Å². The van der Waals surface area contributed by atoms with E-state index in [1.807, 2.05) is 0 Å². The molecule has 0 aliphatic heterocycles. The second kappa shape index (κ2) is 15.0. The molecule has 1 heteroatoms. The van der Waals surface area contributed by atoms with Gasteiger partial charge in [-0.1, -0.05) is 208 Å². The molecule has 4 aliphatic rings. The number of fused-ring (bicyclic) bond motifs is 13. The van der Waals surface area contributed by atoms with Crippen molar-refractivity contribution in [1.29, 1.82) is 0 Å². The number of hydrogen-bond donors (Lipinski definition) is 0. The van der Waals surface area contributed by atoms with E-state index in [1.54, 1.807) is 0 Å². The van der Waals surface area contributed by atoms with Gasteiger partial charge in [0.2, 0.25) is 0 Å². The summed E-state index contributed by atoms with van der Waals surface area (Å²) in [7, 11) is 0. The van der Waals surface area contributed by atoms with Crippen molar-refractivity contribution in [1.82, 2.24) is 0 Å². The van der Waals surface area contributed by atoms with E-state index in [4.69, 9.17) is 0 Å². The Kier molecular flexibility index (Phi) is 9.16. The molecule has 0 saturated heterocycles. The number of rotatable bonds is 5. The Balaban J connectivity index is 1.09. The molecule has 0 amide bonds. The van der Waals surface area contributed by atoms with E-state index in [0.29, 0.717) is 0 Å². The molecule has 332 valence electrons. The molecule has 4 aliphatic carbocycles. The van der Waals surface area contributed by atoms with Crippen molar-refractivity contribution in [2.24, 2.45) is 0 Å². The maximum atomic E-state index is 9.67. The molecule has 67 heavy (non-hydrogen) atoms. The summed E-state index contributed by atoms with van der Waals surface area (Å²) in [5.41, 5.74) is 25.0. The molecule has 0 atom stereocenters. The van der Waals surface area contributed by atoms with Gasteiger partial charge < -0.3 is 4.90 Å². The summed E-state index contributed by atoms with van der Waals surface area (Å²) in [6, 6.07) is 65.3. The van der Waals surface area contributed by atoms with Crippen LogP contribution in [0.25, 0.3) is 44.5 Å². The van der Waals surface area contributed by atoms with Gasteiger partial charge in [-0.3, -0.25) is 0 Å². The summed E-state index contributed by atoms with van der Waals surface area (Å²) in [6.07, 6.45) is 5.30. The normalized spacial score (nSPS) is 16.9. The van der Waals surface area contributed by atoms with E-state index in [2.05, 4.69) is 230 Å². The standard InChI is InChI=1S/C66H63N/c1-63(2,3)44-28-34-54-55-35-29-45(64(4,5)6)39-61(55)66(60(54)38-44)58-25-17-15-23-52(58)56-37-33-48(41-62(56)66)67(47-32-36-53-51-22-14-16-24-57(51)65(7,8)59(53)40-47)46-30-26-43(27-31-46)50-21-13-12-20-49(50)42-18-10-9-11-19-42/h12-17,20-42H,9-11,18-19H2,1-8H3/i42D. The summed E-state index contributed by atoms with van der Waals surface area (Å²) < 4.78 is 9.67. The van der Waals surface area contributed by atoms with Crippen LogP contribution in [0.3, 0.4) is 0 Å². The van der Waals surface area contributed by atoms with E-state index in [-0.39, 0.29) is 16.2 Å². The Morgan fingerprint density at radius 3 is 1.43 bits per heavy atom. The lowest BCUT2D eigenvalue weighted by Gasteiger charge is -2.34. The molecule has 0 unspecified atom stereocenters. The molecule has 1 spiro atoms. The van der Waals surface area contributed by atoms with Crippen LogP contribution < -0.4 is 4.90 Å². The van der Waals surface area contributed by atoms with E-state index >= 15 is 0 Å². The zero-order valence-corrected chi connectivity index (χ0v) is 40.6. The van der Waals surface area contributed by atoms with Gasteiger partial charge in [0.25, 0.3) is 0 Å². The fourth-order valence-electron chi connectivity index (χ4n) is 12.6. The first-order valence-corrected chi connectivity index (χ1v) is 24.9. The number of benzene rings is 8. The quantitative estimate of drug-likeness (QED) is 0.167. The van der Waals surface area contributed by atoms with Gasteiger partial charge in [-0.25, -0.2) is 0 Å². The predicted molar refractivity (Wildman–Crippen MR) is 284 cm³/mol. The van der Waals surface area contributed by atoms with Gasteiger partial charge >= 0.3 is 0 Å². The van der Waals surface area contributed by atoms with Gasteiger partial charge in [-0.05, 0) is 161 Å². The molecule has 8 aromatic carbocycles. The second-order valence-electron chi connectivity index (χ2n) is 22.5. The summed E-state index contributed by atoms with van der Waals surface area (Å²) >= 11 is 0. The number of hydrogen-bond acceptors (Lipinski definition) is 1. The Hall–Kier alpha value is -6.44. The third-order valence-corrected chi connectivity index (χ3v) is 16.2. The van der Waals surface area contributed by atoms with Crippen molar-refractivity contribution in [3.05, 3.63) is 220 Å². The Labute approximate surface area is 401 Å². The average Bonchev–Trinajstić information content (AvgIpc) is 3.89. The highest BCUT2D eigenvalue weighted by molar-refractivity contribution is 5.97. The molecule has 0 N–H and O–H groups in total. The van der Waals surface area contributed by atoms with Gasteiger partial charge in [-0.15, -0.1) is 0 Å². The lowest BCUT2D eigenvalue weighted by Crippen LogP contribution is -2.27. The Morgan fingerprint density at radius 2 is 0.851 bits per heavy atom. The maximum Gasteiger partial charge on any atom is 0.0726 e. The van der Waals surface area contributed by atoms with Crippen LogP contribution in [0.2, 0.25) is 0 Å². The summed E-state index contributed by atoms with van der Waals surface area (Å²) in [4.78, 5) is 2.51. The van der Waals surface area contributed by atoms with Crippen LogP contribution in [-0.4, -0.2) is 0 Å². The topological polar surface area (TPSA) is 3.24 Å². The maximum absolute atomic E-state index is 9.67. The summed E-state index contributed by atoms with van der Waals surface area (Å²) in [6.45, 7) is 18.8. The lowest BCUT2D eigenvalue weighted by atomic mass is 9.68. The van der Waals surface area contributed by atoms with Crippen LogP contribution in [0.5, 0.6) is 0 Å². The van der Waals surface area contributed by atoms with E-state index in [9.17, 15) is 1.37 Å². The number of anilines is 3. The Bertz CT molecular complexity index is 3260. The lowest BCUT2D eigenvalue weighted by molar-refractivity contribution is 0.444. The van der Waals surface area contributed by atoms with Crippen LogP contribution in [0.1, 0.15) is 145 Å². The highest BCUT2D eigenvalue weighted by Crippen LogP contribution is 2.64. The summed E-state index contributed by atoms with van der Waals surface area (Å²) in [5, 5.41) is 0. The van der Waals surface area contributed by atoms with E-state index < -0.39 is 11.3 Å². The first-order chi connectivity index (χ1) is 32.6. The molecule has 8 aromatic rings. The first-order valence-electron chi connectivity index (χ1n) is 25.4. The summed E-state index contributed by atoms with van der Waals surface area (Å²) in [5.74, 6) is -0.551. The van der Waals surface area contributed by atoms with Gasteiger partial charge in [0.05, 0.1) is 5.41 Å². The SMILES string of the molecule is [2H]C1(c2ccccc2-c2ccc(N(c3ccc4c(c3)C(C)(C)c3ccccc3-4)c3ccc4c(c3)C3(c5ccccc5-4)c4cc(C(C)(C)C)ccc4-c4ccc(C(C)(C)C)cc43)cc2)CCCCC1. The minimum atomic E-state index is -0.551. The molecular weight excluding hydrogens is 807 g/mol. The zero-order valence-electron chi connectivity index (χ0n) is 41.6. The monoisotopic (exact) mass is 871 g/mol. The smallest absolute Gasteiger partial charge is 0.0726 e. The Morgan fingerprint density at radius 1 is 0.418 bits per heavy atom. The van der Waals surface area contributed by atoms with Crippen molar-refractivity contribution >= 4 is 17.1 Å². The van der Waals surface area contributed by atoms with E-state index in [1.165, 1.54) is 95.4 Å². The second-order valence-corrected chi connectivity index (χ2v) is 22.5. The molecule has 0 aromatic heterocycles. The van der Waals surface area contributed by atoms with Crippen molar-refractivity contribution in [2.45, 2.75) is 115 Å². The largest absolute Gasteiger partial charge is 0.310 e. The zero-order chi connectivity index (χ0) is 47.0. The van der Waals surface area contributed by atoms with Crippen LogP contribution in [-0.2, 0) is 21.7 Å². The van der Waals surface area contributed by atoms with Crippen LogP contribution >= 0.6 is 0 Å². The fraction of sp³-hybridized carbons (Fsp3) is 0.273. The number of nitrogens with zero attached hydrogens (tertiary/aromatic N) is 1. The van der Waals surface area contributed by atoms with Crippen molar-refractivity contribution in [3.8, 4) is 44.5 Å². The van der Waals surface area contributed by atoms with Gasteiger partial charge in [0.15, 0.2) is 0 Å². The van der Waals surface area contributed by atoms with Crippen molar-refractivity contribution in [2.75, 3.05) is 4.90 Å². The van der Waals surface area contributed by atoms with Crippen LogP contribution in [0, 0.1) is 0 Å². The average molecular weight is 871 g/mol. The molecule has 1 saturated carbocycles. The van der Waals surface area contributed by atoms with E-state index in [0.717, 1.165) is 48.3 Å². The third kappa shape index (κ3) is 6.33. The minimum Gasteiger partial charge on any atom is -0.310 e. The molecule has 1 nitrogen and oxygen atoms in total. The molecular formula is C66H63N. The molecule has 0 radical (unpaired) electrons. The fourth-order valence-corrected chi connectivity index (χ4v) is 12.6. The van der Waals surface area contributed by atoms with Crippen LogP contribution in [0.4, 0.5) is 17.1 Å². The predicted octanol–water partition coefficient (Wildman–Crippen LogP) is 18.1. The van der Waals surface area contributed by atoms with Gasteiger partial charge in [-0.2, -0.15) is 0 Å². The molecule has 0 bridgehead atoms. The molecule has 1 fully saturated rings. The minimum absolute atomic E-state index is 0.0213. The van der Waals surface area contributed by atoms with Crippen molar-refractivity contribution in [3.63, 3.8) is 0 Å². The third-order valence-electron chi connectivity index (χ3n) is 16.2. The van der Waals surface area contributed by atoms with Crippen LogP contribution in [0.15, 0.2) is 170 Å². The first kappa shape index (κ1) is 40.8. The van der Waals surface area contributed by atoms with Gasteiger partial charge in [0.1, 0.15) is 0 Å².